The number of carbonyl (C=O) groups excluding carboxylic acids is 1. The van der Waals surface area contributed by atoms with Crippen molar-refractivity contribution in [3.8, 4) is 0 Å². The van der Waals surface area contributed by atoms with Crippen molar-refractivity contribution in [1.82, 2.24) is 19.6 Å². The zero-order valence-electron chi connectivity index (χ0n) is 13.5. The van der Waals surface area contributed by atoms with Crippen LogP contribution in [0.25, 0.3) is 0 Å². The van der Waals surface area contributed by atoms with Gasteiger partial charge in [0, 0.05) is 32.0 Å². The molecule has 0 N–H and O–H groups in total. The minimum atomic E-state index is 0.340. The summed E-state index contributed by atoms with van der Waals surface area (Å²) in [6, 6.07) is 1.98. The van der Waals surface area contributed by atoms with E-state index in [2.05, 4.69) is 14.9 Å². The summed E-state index contributed by atoms with van der Waals surface area (Å²) in [5, 5.41) is 4.29. The van der Waals surface area contributed by atoms with E-state index in [1.54, 1.807) is 0 Å². The molecule has 2 fully saturated rings. The highest BCUT2D eigenvalue weighted by molar-refractivity contribution is 5.78. The minimum Gasteiger partial charge on any atom is -0.342 e. The molecule has 1 aromatic heterocycles. The molecule has 22 heavy (non-hydrogen) atoms. The molecule has 3 rings (SSSR count). The number of hydrogen-bond donors (Lipinski definition) is 0. The Morgan fingerprint density at radius 2 is 1.77 bits per heavy atom. The van der Waals surface area contributed by atoms with Crippen LogP contribution in [0.1, 0.15) is 38.5 Å². The van der Waals surface area contributed by atoms with Gasteiger partial charge < -0.3 is 4.90 Å². The number of nitrogens with zero attached hydrogens (tertiary/aromatic N) is 4. The van der Waals surface area contributed by atoms with Gasteiger partial charge in [0.05, 0.1) is 6.54 Å². The quantitative estimate of drug-likeness (QED) is 0.854. The van der Waals surface area contributed by atoms with Crippen molar-refractivity contribution in [3.05, 3.63) is 18.5 Å². The first kappa shape index (κ1) is 15.5. The maximum Gasteiger partial charge on any atom is 0.236 e. The molecule has 0 spiro atoms. The van der Waals surface area contributed by atoms with Gasteiger partial charge >= 0.3 is 0 Å². The van der Waals surface area contributed by atoms with Crippen molar-refractivity contribution in [2.75, 3.05) is 32.7 Å². The normalized spacial score (nSPS) is 21.7. The highest BCUT2D eigenvalue weighted by atomic mass is 16.2. The SMILES string of the molecule is O=C(CN1CCC(Cn2cccn2)CC1)N1CCCCCC1. The highest BCUT2D eigenvalue weighted by Crippen LogP contribution is 2.19. The molecule has 0 atom stereocenters. The van der Waals surface area contributed by atoms with E-state index < -0.39 is 0 Å². The van der Waals surface area contributed by atoms with E-state index in [4.69, 9.17) is 0 Å². The molecule has 1 amide bonds. The van der Waals surface area contributed by atoms with E-state index in [-0.39, 0.29) is 0 Å². The van der Waals surface area contributed by atoms with E-state index in [0.717, 1.165) is 32.7 Å². The lowest BCUT2D eigenvalue weighted by molar-refractivity contribution is -0.132. The Kier molecular flexibility index (Phi) is 5.48. The van der Waals surface area contributed by atoms with Gasteiger partial charge in [-0.05, 0) is 50.8 Å². The van der Waals surface area contributed by atoms with Gasteiger partial charge in [0.1, 0.15) is 0 Å². The smallest absolute Gasteiger partial charge is 0.236 e. The largest absolute Gasteiger partial charge is 0.342 e. The van der Waals surface area contributed by atoms with E-state index in [0.29, 0.717) is 18.4 Å². The summed E-state index contributed by atoms with van der Waals surface area (Å²) in [4.78, 5) is 16.9. The first-order chi connectivity index (χ1) is 10.8. The van der Waals surface area contributed by atoms with Gasteiger partial charge in [0.2, 0.25) is 5.91 Å². The fraction of sp³-hybridized carbons (Fsp3) is 0.765. The van der Waals surface area contributed by atoms with E-state index >= 15 is 0 Å². The third kappa shape index (κ3) is 4.32. The lowest BCUT2D eigenvalue weighted by atomic mass is 9.97. The zero-order valence-corrected chi connectivity index (χ0v) is 13.5. The van der Waals surface area contributed by atoms with Crippen LogP contribution in [0, 0.1) is 5.92 Å². The van der Waals surface area contributed by atoms with Crippen molar-refractivity contribution in [2.24, 2.45) is 5.92 Å². The lowest BCUT2D eigenvalue weighted by Crippen LogP contribution is -2.44. The molecule has 2 aliphatic rings. The third-order valence-corrected chi connectivity index (χ3v) is 5.03. The molecule has 5 nitrogen and oxygen atoms in total. The van der Waals surface area contributed by atoms with Crippen LogP contribution in [0.4, 0.5) is 0 Å². The molecule has 3 heterocycles. The van der Waals surface area contributed by atoms with Crippen LogP contribution in [0.3, 0.4) is 0 Å². The number of likely N-dealkylation sites (tertiary alicyclic amines) is 2. The van der Waals surface area contributed by atoms with Crippen LogP contribution >= 0.6 is 0 Å². The average Bonchev–Trinajstić information content (AvgIpc) is 2.88. The number of hydrogen-bond acceptors (Lipinski definition) is 3. The summed E-state index contributed by atoms with van der Waals surface area (Å²) in [6.45, 7) is 5.66. The maximum absolute atomic E-state index is 12.4. The summed E-state index contributed by atoms with van der Waals surface area (Å²) in [7, 11) is 0. The molecule has 2 saturated heterocycles. The Morgan fingerprint density at radius 1 is 1.05 bits per heavy atom. The van der Waals surface area contributed by atoms with Crippen LogP contribution in [0.2, 0.25) is 0 Å². The Bertz CT molecular complexity index is 443. The predicted molar refractivity (Wildman–Crippen MR) is 86.4 cm³/mol. The fourth-order valence-corrected chi connectivity index (χ4v) is 3.61. The molecule has 0 bridgehead atoms. The summed E-state index contributed by atoms with van der Waals surface area (Å²) in [5.41, 5.74) is 0. The van der Waals surface area contributed by atoms with Crippen molar-refractivity contribution >= 4 is 5.91 Å². The van der Waals surface area contributed by atoms with Gasteiger partial charge in [-0.3, -0.25) is 14.4 Å². The molecule has 0 unspecified atom stereocenters. The van der Waals surface area contributed by atoms with E-state index in [1.807, 2.05) is 23.1 Å². The molecule has 1 aromatic rings. The van der Waals surface area contributed by atoms with Gasteiger partial charge in [-0.1, -0.05) is 12.8 Å². The molecule has 0 aromatic carbocycles. The van der Waals surface area contributed by atoms with E-state index in [1.165, 1.54) is 38.5 Å². The number of carbonyl (C=O) groups is 1. The number of amides is 1. The summed E-state index contributed by atoms with van der Waals surface area (Å²) < 4.78 is 2.03. The monoisotopic (exact) mass is 304 g/mol. The molecular formula is C17H28N4O. The molecule has 2 aliphatic heterocycles. The summed E-state index contributed by atoms with van der Waals surface area (Å²) in [6.07, 6.45) is 11.1. The Balaban J connectivity index is 1.40. The summed E-state index contributed by atoms with van der Waals surface area (Å²) in [5.74, 6) is 1.04. The first-order valence-corrected chi connectivity index (χ1v) is 8.79. The lowest BCUT2D eigenvalue weighted by Gasteiger charge is -2.33. The van der Waals surface area contributed by atoms with Crippen LogP contribution in [0.15, 0.2) is 18.5 Å². The van der Waals surface area contributed by atoms with Gasteiger partial charge in [0.25, 0.3) is 0 Å². The van der Waals surface area contributed by atoms with Crippen molar-refractivity contribution < 1.29 is 4.79 Å². The minimum absolute atomic E-state index is 0.340. The third-order valence-electron chi connectivity index (χ3n) is 5.03. The topological polar surface area (TPSA) is 41.4 Å². The molecular weight excluding hydrogens is 276 g/mol. The van der Waals surface area contributed by atoms with Crippen LogP contribution in [-0.2, 0) is 11.3 Å². The van der Waals surface area contributed by atoms with Crippen molar-refractivity contribution in [1.29, 1.82) is 0 Å². The maximum atomic E-state index is 12.4. The predicted octanol–water partition coefficient (Wildman–Crippen LogP) is 2.00. The Morgan fingerprint density at radius 3 is 2.41 bits per heavy atom. The van der Waals surface area contributed by atoms with Gasteiger partial charge in [-0.15, -0.1) is 0 Å². The zero-order chi connectivity index (χ0) is 15.2. The fourth-order valence-electron chi connectivity index (χ4n) is 3.61. The number of piperidine rings is 1. The highest BCUT2D eigenvalue weighted by Gasteiger charge is 2.23. The molecule has 0 saturated carbocycles. The van der Waals surface area contributed by atoms with Crippen molar-refractivity contribution in [3.63, 3.8) is 0 Å². The van der Waals surface area contributed by atoms with Gasteiger partial charge in [-0.2, -0.15) is 5.10 Å². The number of rotatable bonds is 4. The second-order valence-corrected chi connectivity index (χ2v) is 6.74. The van der Waals surface area contributed by atoms with Crippen molar-refractivity contribution in [2.45, 2.75) is 45.1 Å². The first-order valence-electron chi connectivity index (χ1n) is 8.79. The van der Waals surface area contributed by atoms with E-state index in [9.17, 15) is 4.79 Å². The van der Waals surface area contributed by atoms with Gasteiger partial charge in [0.15, 0.2) is 0 Å². The second kappa shape index (κ2) is 7.77. The Labute approximate surface area is 133 Å². The van der Waals surface area contributed by atoms with Gasteiger partial charge in [-0.25, -0.2) is 0 Å². The molecule has 0 aliphatic carbocycles. The molecule has 122 valence electrons. The molecule has 5 heteroatoms. The molecule has 0 radical (unpaired) electrons. The standard InChI is InChI=1S/C17H28N4O/c22-17(20-9-3-1-2-4-10-20)15-19-12-6-16(7-13-19)14-21-11-5-8-18-21/h5,8,11,16H,1-4,6-7,9-10,12-15H2. The average molecular weight is 304 g/mol. The van der Waals surface area contributed by atoms with Crippen LogP contribution < -0.4 is 0 Å². The second-order valence-electron chi connectivity index (χ2n) is 6.74. The van der Waals surface area contributed by atoms with Crippen LogP contribution in [-0.4, -0.2) is 58.2 Å². The van der Waals surface area contributed by atoms with Crippen LogP contribution in [0.5, 0.6) is 0 Å². The Hall–Kier alpha value is -1.36. The summed E-state index contributed by atoms with van der Waals surface area (Å²) >= 11 is 0. The number of aromatic nitrogens is 2.